The zero-order valence-corrected chi connectivity index (χ0v) is 13.5. The molecule has 2 rings (SSSR count). The van der Waals surface area contributed by atoms with E-state index in [1.54, 1.807) is 29.2 Å². The normalized spacial score (nSPS) is 10.6. The van der Waals surface area contributed by atoms with Crippen molar-refractivity contribution in [1.82, 2.24) is 0 Å². The predicted molar refractivity (Wildman–Crippen MR) is 93.5 cm³/mol. The minimum absolute atomic E-state index is 0.0113. The molecule has 0 saturated carbocycles. The van der Waals surface area contributed by atoms with Crippen LogP contribution < -0.4 is 4.90 Å². The van der Waals surface area contributed by atoms with Crippen LogP contribution in [0.2, 0.25) is 0 Å². The van der Waals surface area contributed by atoms with Gasteiger partial charge in [-0.15, -0.1) is 0 Å². The smallest absolute Gasteiger partial charge is 0.351 e. The number of hydrogen-bond donors (Lipinski definition) is 1. The van der Waals surface area contributed by atoms with Crippen molar-refractivity contribution in [2.75, 3.05) is 11.4 Å². The Kier molecular flexibility index (Phi) is 5.57. The van der Waals surface area contributed by atoms with E-state index in [1.165, 1.54) is 24.3 Å². The van der Waals surface area contributed by atoms with E-state index >= 15 is 0 Å². The van der Waals surface area contributed by atoms with Crippen molar-refractivity contribution in [2.24, 2.45) is 10.2 Å². The molecule has 25 heavy (non-hydrogen) atoms. The number of hydrogen-bond acceptors (Lipinski definition) is 6. The van der Waals surface area contributed by atoms with E-state index in [0.29, 0.717) is 23.6 Å². The molecule has 8 nitrogen and oxygen atoms in total. The summed E-state index contributed by atoms with van der Waals surface area (Å²) in [6.07, 6.45) is 0. The van der Waals surface area contributed by atoms with Gasteiger partial charge in [0.25, 0.3) is 5.69 Å². The number of carbonyl (C=O) groups is 1. The van der Waals surface area contributed by atoms with Crippen molar-refractivity contribution >= 4 is 28.7 Å². The zero-order valence-electron chi connectivity index (χ0n) is 13.5. The zero-order chi connectivity index (χ0) is 18.4. The lowest BCUT2D eigenvalue weighted by Gasteiger charge is -2.22. The molecular weight excluding hydrogens is 324 g/mol. The highest BCUT2D eigenvalue weighted by atomic mass is 16.6. The van der Waals surface area contributed by atoms with Gasteiger partial charge in [0.1, 0.15) is 5.70 Å². The first-order chi connectivity index (χ1) is 11.9. The van der Waals surface area contributed by atoms with Crippen LogP contribution >= 0.6 is 0 Å². The first-order valence-corrected chi connectivity index (χ1v) is 7.38. The molecule has 2 aromatic rings. The molecule has 8 heteroatoms. The number of benzene rings is 2. The average molecular weight is 340 g/mol. The van der Waals surface area contributed by atoms with Crippen molar-refractivity contribution in [1.29, 1.82) is 0 Å². The van der Waals surface area contributed by atoms with Crippen LogP contribution in [0.4, 0.5) is 22.7 Å². The number of carboxylic acids is 1. The fourth-order valence-corrected chi connectivity index (χ4v) is 2.10. The molecule has 0 bridgehead atoms. The molecule has 0 amide bonds. The third-order valence-electron chi connectivity index (χ3n) is 3.39. The Balaban J connectivity index is 2.12. The summed E-state index contributed by atoms with van der Waals surface area (Å²) < 4.78 is 0. The van der Waals surface area contributed by atoms with Gasteiger partial charge in [-0.2, -0.15) is 10.2 Å². The largest absolute Gasteiger partial charge is 0.477 e. The fourth-order valence-electron chi connectivity index (χ4n) is 2.10. The van der Waals surface area contributed by atoms with Gasteiger partial charge in [-0.3, -0.25) is 10.1 Å². The Hall–Kier alpha value is -3.55. The van der Waals surface area contributed by atoms with Crippen LogP contribution in [0.5, 0.6) is 0 Å². The number of non-ortho nitro benzene ring substituents is 1. The minimum Gasteiger partial charge on any atom is -0.477 e. The van der Waals surface area contributed by atoms with Crippen molar-refractivity contribution in [3.05, 3.63) is 70.9 Å². The quantitative estimate of drug-likeness (QED) is 0.347. The average Bonchev–Trinajstić information content (AvgIpc) is 2.61. The van der Waals surface area contributed by atoms with Gasteiger partial charge < -0.3 is 10.0 Å². The molecule has 0 heterocycles. The van der Waals surface area contributed by atoms with Gasteiger partial charge in [-0.1, -0.05) is 6.58 Å². The van der Waals surface area contributed by atoms with E-state index in [9.17, 15) is 14.9 Å². The van der Waals surface area contributed by atoms with Crippen LogP contribution in [0.3, 0.4) is 0 Å². The number of anilines is 1. The Labute approximate surface area is 143 Å². The highest BCUT2D eigenvalue weighted by Gasteiger charge is 2.14. The SMILES string of the molecule is C=C(C(=O)O)N(CC)c1ccc(N=Nc2ccc([N+](=O)[O-])cc2)cc1. The van der Waals surface area contributed by atoms with E-state index in [4.69, 9.17) is 5.11 Å². The number of likely N-dealkylation sites (N-methyl/N-ethyl adjacent to an activating group) is 1. The first-order valence-electron chi connectivity index (χ1n) is 7.38. The summed E-state index contributed by atoms with van der Waals surface area (Å²) in [5.74, 6) is -1.08. The van der Waals surface area contributed by atoms with E-state index in [-0.39, 0.29) is 11.4 Å². The van der Waals surface area contributed by atoms with E-state index in [0.717, 1.165) is 0 Å². The maximum Gasteiger partial charge on any atom is 0.351 e. The monoisotopic (exact) mass is 340 g/mol. The summed E-state index contributed by atoms with van der Waals surface area (Å²) in [5, 5.41) is 27.7. The molecule has 0 spiro atoms. The second kappa shape index (κ2) is 7.82. The van der Waals surface area contributed by atoms with E-state index in [2.05, 4.69) is 16.8 Å². The Morgan fingerprint density at radius 3 is 2.00 bits per heavy atom. The highest BCUT2D eigenvalue weighted by Crippen LogP contribution is 2.25. The third kappa shape index (κ3) is 4.47. The summed E-state index contributed by atoms with van der Waals surface area (Å²) in [6.45, 7) is 5.85. The molecule has 0 aromatic heterocycles. The molecule has 0 aliphatic heterocycles. The maximum absolute atomic E-state index is 11.0. The number of carboxylic acid groups (broad SMARTS) is 1. The summed E-state index contributed by atoms with van der Waals surface area (Å²) in [5.41, 5.74) is 1.72. The Morgan fingerprint density at radius 1 is 1.12 bits per heavy atom. The van der Waals surface area contributed by atoms with Crippen LogP contribution in [-0.4, -0.2) is 22.5 Å². The number of rotatable bonds is 7. The summed E-state index contributed by atoms with van der Waals surface area (Å²) in [6, 6.07) is 12.6. The number of aliphatic carboxylic acids is 1. The lowest BCUT2D eigenvalue weighted by molar-refractivity contribution is -0.384. The summed E-state index contributed by atoms with van der Waals surface area (Å²) in [4.78, 5) is 22.7. The van der Waals surface area contributed by atoms with Gasteiger partial charge in [0.15, 0.2) is 0 Å². The minimum atomic E-state index is -1.08. The topological polar surface area (TPSA) is 108 Å². The van der Waals surface area contributed by atoms with Crippen LogP contribution in [0, 0.1) is 10.1 Å². The maximum atomic E-state index is 11.0. The molecule has 0 radical (unpaired) electrons. The lowest BCUT2D eigenvalue weighted by Crippen LogP contribution is -2.26. The molecule has 0 aliphatic rings. The molecule has 1 N–H and O–H groups in total. The Bertz CT molecular complexity index is 814. The number of azo groups is 1. The Morgan fingerprint density at radius 2 is 1.60 bits per heavy atom. The van der Waals surface area contributed by atoms with E-state index in [1.807, 2.05) is 6.92 Å². The van der Waals surface area contributed by atoms with Crippen molar-refractivity contribution in [2.45, 2.75) is 6.92 Å². The fraction of sp³-hybridized carbons (Fsp3) is 0.118. The number of nitro groups is 1. The first kappa shape index (κ1) is 17.8. The lowest BCUT2D eigenvalue weighted by atomic mass is 10.2. The molecule has 128 valence electrons. The molecular formula is C17H16N4O4. The standard InChI is InChI=1S/C17H16N4O4/c1-3-20(12(2)17(22)23)15-8-4-13(5-9-15)18-19-14-6-10-16(11-7-14)21(24)25/h4-11H,2-3H2,1H3,(H,22,23). The summed E-state index contributed by atoms with van der Waals surface area (Å²) >= 11 is 0. The molecule has 0 saturated heterocycles. The van der Waals surface area contributed by atoms with Crippen LogP contribution in [0.25, 0.3) is 0 Å². The molecule has 0 unspecified atom stereocenters. The number of nitro benzene ring substituents is 1. The third-order valence-corrected chi connectivity index (χ3v) is 3.39. The molecule has 0 fully saturated rings. The van der Waals surface area contributed by atoms with E-state index < -0.39 is 10.9 Å². The van der Waals surface area contributed by atoms with Gasteiger partial charge in [-0.25, -0.2) is 4.79 Å². The van der Waals surface area contributed by atoms with Gasteiger partial charge in [0, 0.05) is 24.4 Å². The van der Waals surface area contributed by atoms with Crippen LogP contribution in [0.1, 0.15) is 6.92 Å². The highest BCUT2D eigenvalue weighted by molar-refractivity contribution is 5.90. The van der Waals surface area contributed by atoms with Gasteiger partial charge in [-0.05, 0) is 43.3 Å². The second-order valence-corrected chi connectivity index (χ2v) is 4.99. The van der Waals surface area contributed by atoms with Crippen molar-refractivity contribution < 1.29 is 14.8 Å². The van der Waals surface area contributed by atoms with Crippen molar-refractivity contribution in [3.8, 4) is 0 Å². The van der Waals surface area contributed by atoms with Gasteiger partial charge in [0.05, 0.1) is 16.3 Å². The van der Waals surface area contributed by atoms with Crippen LogP contribution in [-0.2, 0) is 4.79 Å². The van der Waals surface area contributed by atoms with Crippen LogP contribution in [0.15, 0.2) is 71.0 Å². The molecule has 0 aliphatic carbocycles. The predicted octanol–water partition coefficient (Wildman–Crippen LogP) is 4.43. The second-order valence-electron chi connectivity index (χ2n) is 4.99. The molecule has 0 atom stereocenters. The number of nitrogens with zero attached hydrogens (tertiary/aromatic N) is 4. The van der Waals surface area contributed by atoms with Gasteiger partial charge >= 0.3 is 5.97 Å². The summed E-state index contributed by atoms with van der Waals surface area (Å²) in [7, 11) is 0. The molecule has 2 aromatic carbocycles. The van der Waals surface area contributed by atoms with Crippen molar-refractivity contribution in [3.63, 3.8) is 0 Å². The van der Waals surface area contributed by atoms with Gasteiger partial charge in [0.2, 0.25) is 0 Å².